The molecule has 0 spiro atoms. The number of carbonyl (C=O) groups is 3. The van der Waals surface area contributed by atoms with E-state index in [-0.39, 0.29) is 17.6 Å². The number of rotatable bonds is 6. The molecule has 2 aliphatic heterocycles. The molecular weight excluding hydrogens is 432 g/mol. The smallest absolute Gasteiger partial charge is 0.252 e. The number of ketones is 1. The molecule has 2 heterocycles. The first-order valence-electron chi connectivity index (χ1n) is 11.3. The van der Waals surface area contributed by atoms with Crippen LogP contribution in [0.2, 0.25) is 0 Å². The van der Waals surface area contributed by atoms with E-state index >= 15 is 0 Å². The number of carbonyl (C=O) groups excluding carboxylic acids is 3. The quantitative estimate of drug-likeness (QED) is 0.571. The molecule has 1 saturated heterocycles. The van der Waals surface area contributed by atoms with Gasteiger partial charge in [-0.2, -0.15) is 0 Å². The first-order chi connectivity index (χ1) is 16.6. The SMILES string of the molecule is O=C(NCc1ccc(N2CCCC2=O)cc1)c1ccccc1C(=O)c1ccc2c(c1)OCCO2. The van der Waals surface area contributed by atoms with E-state index in [4.69, 9.17) is 9.47 Å². The summed E-state index contributed by atoms with van der Waals surface area (Å²) in [4.78, 5) is 39.9. The molecule has 0 aliphatic carbocycles. The van der Waals surface area contributed by atoms with Crippen LogP contribution in [0.25, 0.3) is 0 Å². The fraction of sp³-hybridized carbons (Fsp3) is 0.222. The molecule has 0 unspecified atom stereocenters. The van der Waals surface area contributed by atoms with Crippen LogP contribution in [0, 0.1) is 0 Å². The lowest BCUT2D eigenvalue weighted by Crippen LogP contribution is -2.25. The first-order valence-corrected chi connectivity index (χ1v) is 11.3. The van der Waals surface area contributed by atoms with E-state index in [0.29, 0.717) is 54.4 Å². The Morgan fingerprint density at radius 3 is 2.35 bits per heavy atom. The molecule has 0 saturated carbocycles. The third-order valence-electron chi connectivity index (χ3n) is 6.00. The molecule has 3 aromatic rings. The molecule has 5 rings (SSSR count). The number of nitrogens with one attached hydrogen (secondary N) is 1. The molecule has 0 atom stereocenters. The van der Waals surface area contributed by atoms with Gasteiger partial charge >= 0.3 is 0 Å². The first kappa shape index (κ1) is 21.7. The van der Waals surface area contributed by atoms with Crippen molar-refractivity contribution in [2.24, 2.45) is 0 Å². The lowest BCUT2D eigenvalue weighted by Gasteiger charge is -2.19. The average molecular weight is 456 g/mol. The van der Waals surface area contributed by atoms with Crippen LogP contribution >= 0.6 is 0 Å². The second-order valence-corrected chi connectivity index (χ2v) is 8.23. The average Bonchev–Trinajstić information content (AvgIpc) is 3.32. The van der Waals surface area contributed by atoms with Crippen LogP contribution in [0.15, 0.2) is 66.7 Å². The minimum absolute atomic E-state index is 0.139. The molecule has 2 amide bonds. The van der Waals surface area contributed by atoms with E-state index in [1.807, 2.05) is 24.3 Å². The van der Waals surface area contributed by atoms with Crippen molar-refractivity contribution in [3.8, 4) is 11.5 Å². The summed E-state index contributed by atoms with van der Waals surface area (Å²) in [7, 11) is 0. The number of hydrogen-bond donors (Lipinski definition) is 1. The Morgan fingerprint density at radius 2 is 1.62 bits per heavy atom. The Kier molecular flexibility index (Phi) is 5.99. The van der Waals surface area contributed by atoms with Crippen LogP contribution in [0.4, 0.5) is 5.69 Å². The summed E-state index contributed by atoms with van der Waals surface area (Å²) in [5.74, 6) is 0.676. The predicted octanol–water partition coefficient (Wildman–Crippen LogP) is 3.75. The Morgan fingerprint density at radius 1 is 0.882 bits per heavy atom. The van der Waals surface area contributed by atoms with Crippen molar-refractivity contribution in [3.05, 3.63) is 89.0 Å². The van der Waals surface area contributed by atoms with Gasteiger partial charge in [0.1, 0.15) is 13.2 Å². The van der Waals surface area contributed by atoms with Gasteiger partial charge in [-0.15, -0.1) is 0 Å². The Bertz CT molecular complexity index is 1250. The Balaban J connectivity index is 1.29. The van der Waals surface area contributed by atoms with Gasteiger partial charge in [-0.3, -0.25) is 14.4 Å². The standard InChI is InChI=1S/C27H24N2O5/c30-25-6-3-13-29(25)20-10-7-18(8-11-20)17-28-27(32)22-5-2-1-4-21(22)26(31)19-9-12-23-24(16-19)34-15-14-33-23/h1-2,4-5,7-12,16H,3,6,13-15,17H2,(H,28,32). The molecule has 2 aliphatic rings. The number of hydrogen-bond acceptors (Lipinski definition) is 5. The largest absolute Gasteiger partial charge is 0.486 e. The van der Waals surface area contributed by atoms with Crippen molar-refractivity contribution in [1.82, 2.24) is 5.32 Å². The van der Waals surface area contributed by atoms with Gasteiger partial charge in [-0.05, 0) is 48.4 Å². The van der Waals surface area contributed by atoms with Crippen molar-refractivity contribution in [3.63, 3.8) is 0 Å². The summed E-state index contributed by atoms with van der Waals surface area (Å²) >= 11 is 0. The van der Waals surface area contributed by atoms with Crippen molar-refractivity contribution < 1.29 is 23.9 Å². The topological polar surface area (TPSA) is 84.9 Å². The molecule has 7 nitrogen and oxygen atoms in total. The highest BCUT2D eigenvalue weighted by Crippen LogP contribution is 2.31. The highest BCUT2D eigenvalue weighted by molar-refractivity contribution is 6.15. The van der Waals surface area contributed by atoms with Gasteiger partial charge in [-0.25, -0.2) is 0 Å². The van der Waals surface area contributed by atoms with Crippen LogP contribution in [0.1, 0.15) is 44.7 Å². The lowest BCUT2D eigenvalue weighted by molar-refractivity contribution is -0.117. The van der Waals surface area contributed by atoms with Gasteiger partial charge in [0, 0.05) is 36.3 Å². The number of amides is 2. The van der Waals surface area contributed by atoms with Gasteiger partial charge in [0.25, 0.3) is 5.91 Å². The van der Waals surface area contributed by atoms with Crippen molar-refractivity contribution in [1.29, 1.82) is 0 Å². The fourth-order valence-corrected chi connectivity index (χ4v) is 4.21. The normalized spacial score (nSPS) is 14.7. The van der Waals surface area contributed by atoms with E-state index in [0.717, 1.165) is 24.2 Å². The third-order valence-corrected chi connectivity index (χ3v) is 6.00. The van der Waals surface area contributed by atoms with Gasteiger partial charge in [0.05, 0.1) is 5.56 Å². The zero-order valence-electron chi connectivity index (χ0n) is 18.6. The summed E-state index contributed by atoms with van der Waals surface area (Å²) in [6, 6.07) is 19.4. The molecule has 0 aromatic heterocycles. The molecule has 7 heteroatoms. The van der Waals surface area contributed by atoms with E-state index in [1.165, 1.54) is 0 Å². The Hall–Kier alpha value is -4.13. The second-order valence-electron chi connectivity index (χ2n) is 8.23. The molecule has 1 fully saturated rings. The molecular formula is C27H24N2O5. The fourth-order valence-electron chi connectivity index (χ4n) is 4.21. The second kappa shape index (κ2) is 9.39. The summed E-state index contributed by atoms with van der Waals surface area (Å²) < 4.78 is 11.1. The van der Waals surface area contributed by atoms with Gasteiger partial charge in [0.2, 0.25) is 5.91 Å². The maximum absolute atomic E-state index is 13.2. The number of nitrogens with zero attached hydrogens (tertiary/aromatic N) is 1. The van der Waals surface area contributed by atoms with Crippen LogP contribution < -0.4 is 19.7 Å². The lowest BCUT2D eigenvalue weighted by atomic mass is 9.97. The monoisotopic (exact) mass is 456 g/mol. The molecule has 172 valence electrons. The van der Waals surface area contributed by atoms with Crippen LogP contribution in [0.3, 0.4) is 0 Å². The van der Waals surface area contributed by atoms with E-state index < -0.39 is 0 Å². The van der Waals surface area contributed by atoms with Gasteiger partial charge < -0.3 is 19.7 Å². The maximum Gasteiger partial charge on any atom is 0.252 e. The van der Waals surface area contributed by atoms with Crippen LogP contribution in [0.5, 0.6) is 11.5 Å². The van der Waals surface area contributed by atoms with Gasteiger partial charge in [-0.1, -0.05) is 30.3 Å². The molecule has 0 radical (unpaired) electrons. The molecule has 0 bridgehead atoms. The third kappa shape index (κ3) is 4.37. The van der Waals surface area contributed by atoms with Crippen LogP contribution in [-0.2, 0) is 11.3 Å². The number of anilines is 1. The van der Waals surface area contributed by atoms with Crippen molar-refractivity contribution >= 4 is 23.3 Å². The maximum atomic E-state index is 13.2. The minimum atomic E-state index is -0.333. The zero-order chi connectivity index (χ0) is 23.5. The molecule has 1 N–H and O–H groups in total. The van der Waals surface area contributed by atoms with E-state index in [2.05, 4.69) is 5.32 Å². The summed E-state index contributed by atoms with van der Waals surface area (Å²) in [6.45, 7) is 1.95. The molecule has 3 aromatic carbocycles. The Labute approximate surface area is 197 Å². The minimum Gasteiger partial charge on any atom is -0.486 e. The number of fused-ring (bicyclic) bond motifs is 1. The predicted molar refractivity (Wildman–Crippen MR) is 127 cm³/mol. The van der Waals surface area contributed by atoms with Crippen molar-refractivity contribution in [2.75, 3.05) is 24.7 Å². The number of benzene rings is 3. The highest BCUT2D eigenvalue weighted by atomic mass is 16.6. The van der Waals surface area contributed by atoms with Crippen LogP contribution in [-0.4, -0.2) is 37.4 Å². The summed E-state index contributed by atoms with van der Waals surface area (Å²) in [6.07, 6.45) is 1.46. The summed E-state index contributed by atoms with van der Waals surface area (Å²) in [5.41, 5.74) is 2.82. The van der Waals surface area contributed by atoms with E-state index in [1.54, 1.807) is 47.4 Å². The van der Waals surface area contributed by atoms with E-state index in [9.17, 15) is 14.4 Å². The van der Waals surface area contributed by atoms with Gasteiger partial charge in [0.15, 0.2) is 17.3 Å². The molecule has 34 heavy (non-hydrogen) atoms. The van der Waals surface area contributed by atoms with Crippen molar-refractivity contribution in [2.45, 2.75) is 19.4 Å². The highest BCUT2D eigenvalue weighted by Gasteiger charge is 2.22. The number of ether oxygens (including phenoxy) is 2. The summed E-state index contributed by atoms with van der Waals surface area (Å²) in [5, 5.41) is 2.89. The zero-order valence-corrected chi connectivity index (χ0v) is 18.6.